The fraction of sp³-hybridized carbons (Fsp3) is 0.440. The van der Waals surface area contributed by atoms with Gasteiger partial charge in [-0.2, -0.15) is 0 Å². The van der Waals surface area contributed by atoms with Crippen LogP contribution >= 0.6 is 0 Å². The minimum absolute atomic E-state index is 0.0152. The zero-order chi connectivity index (χ0) is 88.0. The molecule has 24 heteroatoms. The van der Waals surface area contributed by atoms with E-state index in [0.717, 1.165) is 77.0 Å². The topological polar surface area (TPSA) is 350 Å². The first kappa shape index (κ1) is 90.0. The van der Waals surface area contributed by atoms with Gasteiger partial charge in [-0.1, -0.05) is 102 Å². The number of rotatable bonds is 28. The second-order valence-corrected chi connectivity index (χ2v) is 33.7. The Balaban J connectivity index is 0.998. The van der Waals surface area contributed by atoms with E-state index in [-0.39, 0.29) is 101 Å². The van der Waals surface area contributed by atoms with Gasteiger partial charge in [0.2, 0.25) is 0 Å². The molecular formula is C100H112O24. The van der Waals surface area contributed by atoms with Gasteiger partial charge in [0.25, 0.3) is 0 Å². The van der Waals surface area contributed by atoms with Crippen molar-refractivity contribution in [2.75, 3.05) is 40.6 Å². The average Bonchev–Trinajstić information content (AvgIpc) is 0.734. The maximum absolute atomic E-state index is 14.2. The number of benzene rings is 8. The Morgan fingerprint density at radius 1 is 0.290 bits per heavy atom. The average molecular weight is 1700 g/mol. The summed E-state index contributed by atoms with van der Waals surface area (Å²) in [5.74, 6) is -12.6. The van der Waals surface area contributed by atoms with Crippen LogP contribution in [0, 0.1) is 0 Å². The second-order valence-electron chi connectivity index (χ2n) is 33.7. The summed E-state index contributed by atoms with van der Waals surface area (Å²) in [4.78, 5) is 110. The van der Waals surface area contributed by atoms with Gasteiger partial charge in [-0.05, 0) is 258 Å². The van der Waals surface area contributed by atoms with Crippen molar-refractivity contribution in [3.63, 3.8) is 0 Å². The van der Waals surface area contributed by atoms with Gasteiger partial charge >= 0.3 is 47.8 Å². The molecule has 5 aliphatic rings. The van der Waals surface area contributed by atoms with Gasteiger partial charge in [-0.3, -0.25) is 0 Å². The molecule has 24 nitrogen and oxygen atoms in total. The molecule has 4 fully saturated rings. The molecule has 124 heavy (non-hydrogen) atoms. The normalized spacial score (nSPS) is 18.6. The Morgan fingerprint density at radius 3 is 0.710 bits per heavy atom. The largest absolute Gasteiger partial charge is 0.508 e. The number of fused-ring (bicyclic) bond motifs is 8. The number of aromatic hydroxyl groups is 4. The Labute approximate surface area is 722 Å². The summed E-state index contributed by atoms with van der Waals surface area (Å²) in [5, 5.41) is 75.9. The molecule has 4 atom stereocenters. The summed E-state index contributed by atoms with van der Waals surface area (Å²) in [6, 6.07) is 36.7. The summed E-state index contributed by atoms with van der Waals surface area (Å²) in [5.41, 5.74) is 0.558. The highest BCUT2D eigenvalue weighted by atomic mass is 16.6. The summed E-state index contributed by atoms with van der Waals surface area (Å²) >= 11 is 0. The van der Waals surface area contributed by atoms with Crippen LogP contribution in [0.5, 0.6) is 34.5 Å². The number of esters is 8. The molecule has 4 unspecified atom stereocenters. The summed E-state index contributed by atoms with van der Waals surface area (Å²) in [6.45, 7) is 3.67. The number of phenols is 4. The van der Waals surface area contributed by atoms with E-state index in [0.29, 0.717) is 99.3 Å². The van der Waals surface area contributed by atoms with Gasteiger partial charge < -0.3 is 78.0 Å². The molecule has 4 saturated carbocycles. The van der Waals surface area contributed by atoms with Gasteiger partial charge in [-0.15, -0.1) is 0 Å². The third-order valence-corrected chi connectivity index (χ3v) is 26.3. The van der Waals surface area contributed by atoms with Gasteiger partial charge in [0.1, 0.15) is 56.9 Å². The lowest BCUT2D eigenvalue weighted by Gasteiger charge is -2.35. The van der Waals surface area contributed by atoms with Crippen LogP contribution in [-0.2, 0) is 70.3 Å². The molecule has 0 aliphatic heterocycles. The Bertz CT molecular complexity index is 4530. The number of hydrogen-bond acceptors (Lipinski definition) is 24. The van der Waals surface area contributed by atoms with Crippen LogP contribution in [0.2, 0.25) is 0 Å². The molecule has 0 amide bonds. The number of carbonyl (C=O) groups is 8. The quantitative estimate of drug-likeness (QED) is 0.0196. The van der Waals surface area contributed by atoms with Crippen molar-refractivity contribution >= 4 is 47.8 Å². The molecule has 0 heterocycles. The van der Waals surface area contributed by atoms with Crippen LogP contribution < -0.4 is 9.47 Å². The molecule has 8 aromatic rings. The van der Waals surface area contributed by atoms with Gasteiger partial charge in [0.05, 0.1) is 49.7 Å². The molecular weight excluding hydrogens is 1590 g/mol. The van der Waals surface area contributed by atoms with Crippen molar-refractivity contribution in [2.45, 2.75) is 241 Å². The Kier molecular flexibility index (Phi) is 28.9. The van der Waals surface area contributed by atoms with Gasteiger partial charge in [0, 0.05) is 69.2 Å². The fourth-order valence-electron chi connectivity index (χ4n) is 19.2. The van der Waals surface area contributed by atoms with Crippen molar-refractivity contribution in [3.05, 3.63) is 246 Å². The lowest BCUT2D eigenvalue weighted by atomic mass is 9.74. The van der Waals surface area contributed by atoms with E-state index in [4.69, 9.17) is 47.4 Å². The SMILES string of the molecule is CCC1(OC(=O)COC(=O)c2ccc(C3c4cc(c(OC)cc4O)C(c4ccc(C(=O)OCC(=O)OC5(CC)CCCCC5)cc4)c4cc(c(OC)cc4O)C(c4ccc(C(=O)OCC(=O)OC5(CC)CCCCC5)cc4)c4cc(c(CO)cc4O)C(c4ccc(C(=O)OCC(=O)OC5(CC)CCCCC5)cc4)c4cc3c(CO)cc4O)cc2)CCCCC1. The number of methoxy groups -OCH3 is 2. The van der Waals surface area contributed by atoms with E-state index >= 15 is 0 Å². The standard InChI is InChI=1S/C100H112O24/c1-7-97(39-15-11-16-40-97)121-85(107)57-117-93(111)65-31-23-61(24-32-65)89-72-50-74(80(104)48-70(72)56-102)91(63-27-35-67(36-28-63)95(113)119-59-87(109)123-99(9-3)43-19-13-20-44-99)78-52-76(82(106)54-84(78)116-6)92(64-29-37-68(38-30-64)96(114)120-60-88(110)124-100(10-4)45-21-14-22-46-100)77-51-75(81(105)53-83(77)115-5)90(71-49-73(89)79(103)47-69(71)55-101)62-25-33-66(34-26-62)94(112)118-58-86(108)122-98(8-2)41-17-12-18-42-98/h23-38,47-54,89-92,101-106H,7-22,39-46,55-60H2,1-6H3. The monoisotopic (exact) mass is 1700 g/mol. The maximum atomic E-state index is 14.2. The summed E-state index contributed by atoms with van der Waals surface area (Å²) in [6.07, 6.45) is 19.1. The van der Waals surface area contributed by atoms with Crippen LogP contribution in [0.4, 0.5) is 0 Å². The lowest BCUT2D eigenvalue weighted by molar-refractivity contribution is -0.168. The number of phenolic OH excluding ortho intramolecular Hbond substituents is 4. The Hall–Kier alpha value is -11.8. The zero-order valence-corrected chi connectivity index (χ0v) is 71.4. The van der Waals surface area contributed by atoms with E-state index in [9.17, 15) is 69.0 Å². The number of carbonyl (C=O) groups excluding carboxylic acids is 8. The van der Waals surface area contributed by atoms with E-state index < -0.39 is 145 Å². The summed E-state index contributed by atoms with van der Waals surface area (Å²) < 4.78 is 59.0. The first-order chi connectivity index (χ1) is 59.8. The molecule has 0 saturated heterocycles. The molecule has 6 N–H and O–H groups in total. The van der Waals surface area contributed by atoms with E-state index in [1.54, 1.807) is 72.8 Å². The van der Waals surface area contributed by atoms with E-state index in [1.165, 1.54) is 87.0 Å². The highest BCUT2D eigenvalue weighted by Gasteiger charge is 2.42. The molecule has 0 radical (unpaired) electrons. The lowest BCUT2D eigenvalue weighted by Crippen LogP contribution is -2.38. The number of ether oxygens (including phenoxy) is 10. The first-order valence-corrected chi connectivity index (χ1v) is 43.5. The molecule has 5 aliphatic carbocycles. The third-order valence-electron chi connectivity index (χ3n) is 26.3. The van der Waals surface area contributed by atoms with Crippen molar-refractivity contribution in [2.24, 2.45) is 0 Å². The second kappa shape index (κ2) is 39.8. The minimum atomic E-state index is -1.25. The number of hydrogen-bond donors (Lipinski definition) is 6. The van der Waals surface area contributed by atoms with Crippen molar-refractivity contribution in [1.82, 2.24) is 0 Å². The molecule has 0 spiro atoms. The zero-order valence-electron chi connectivity index (χ0n) is 71.4. The van der Waals surface area contributed by atoms with Gasteiger partial charge in [0.15, 0.2) is 26.4 Å². The van der Waals surface area contributed by atoms with Crippen LogP contribution in [-0.4, -0.2) is 141 Å². The third kappa shape index (κ3) is 20.0. The Morgan fingerprint density at radius 2 is 0.500 bits per heavy atom. The molecule has 13 rings (SSSR count). The smallest absolute Gasteiger partial charge is 0.344 e. The maximum Gasteiger partial charge on any atom is 0.344 e. The van der Waals surface area contributed by atoms with Crippen LogP contribution in [0.25, 0.3) is 0 Å². The highest BCUT2D eigenvalue weighted by Crippen LogP contribution is 2.54. The number of aliphatic hydroxyl groups excluding tert-OH is 2. The van der Waals surface area contributed by atoms with Crippen molar-refractivity contribution < 1.29 is 116 Å². The fourth-order valence-corrected chi connectivity index (χ4v) is 19.2. The number of aliphatic hydroxyl groups is 2. The van der Waals surface area contributed by atoms with Crippen LogP contribution in [0.1, 0.15) is 325 Å². The molecule has 8 bridgehead atoms. The first-order valence-electron chi connectivity index (χ1n) is 43.5. The predicted octanol–water partition coefficient (Wildman–Crippen LogP) is 17.8. The minimum Gasteiger partial charge on any atom is -0.508 e. The molecule has 656 valence electrons. The van der Waals surface area contributed by atoms with Crippen LogP contribution in [0.15, 0.2) is 146 Å². The van der Waals surface area contributed by atoms with E-state index in [1.807, 2.05) is 27.7 Å². The molecule has 0 aromatic heterocycles. The highest BCUT2D eigenvalue weighted by molar-refractivity contribution is 5.93. The van der Waals surface area contributed by atoms with Crippen molar-refractivity contribution in [1.29, 1.82) is 0 Å². The van der Waals surface area contributed by atoms with E-state index in [2.05, 4.69) is 0 Å². The van der Waals surface area contributed by atoms with Crippen LogP contribution in [0.3, 0.4) is 0 Å². The molecule has 8 aromatic carbocycles. The summed E-state index contributed by atoms with van der Waals surface area (Å²) in [7, 11) is 2.76. The predicted molar refractivity (Wildman–Crippen MR) is 457 cm³/mol. The van der Waals surface area contributed by atoms with Gasteiger partial charge in [-0.25, -0.2) is 38.4 Å². The van der Waals surface area contributed by atoms with Crippen molar-refractivity contribution in [3.8, 4) is 34.5 Å².